The van der Waals surface area contributed by atoms with Crippen molar-refractivity contribution in [3.8, 4) is 11.4 Å². The Labute approximate surface area is 151 Å². The van der Waals surface area contributed by atoms with Crippen LogP contribution in [0.2, 0.25) is 0 Å². The molecule has 27 heavy (non-hydrogen) atoms. The monoisotopic (exact) mass is 379 g/mol. The number of nitrogens with zero attached hydrogens (tertiary/aromatic N) is 2. The summed E-state index contributed by atoms with van der Waals surface area (Å²) in [5.41, 5.74) is -1.34. The van der Waals surface area contributed by atoms with E-state index in [4.69, 9.17) is 9.84 Å². The Morgan fingerprint density at radius 2 is 1.93 bits per heavy atom. The Morgan fingerprint density at radius 3 is 2.52 bits per heavy atom. The van der Waals surface area contributed by atoms with Crippen LogP contribution < -0.4 is 15.7 Å². The van der Waals surface area contributed by atoms with Gasteiger partial charge >= 0.3 is 11.9 Å². The van der Waals surface area contributed by atoms with E-state index in [-0.39, 0.29) is 35.6 Å². The predicted molar refractivity (Wildman–Crippen MR) is 94.5 cm³/mol. The molecule has 0 saturated carbocycles. The first-order valence-electron chi connectivity index (χ1n) is 7.99. The van der Waals surface area contributed by atoms with Gasteiger partial charge in [0.1, 0.15) is 11.6 Å². The van der Waals surface area contributed by atoms with E-state index >= 15 is 0 Å². The van der Waals surface area contributed by atoms with Crippen LogP contribution in [0.1, 0.15) is 5.56 Å². The molecule has 1 aromatic heterocycles. The Hall–Kier alpha value is -3.07. The molecule has 2 aromatic carbocycles. The average molecular weight is 379 g/mol. The molecule has 0 atom stereocenters. The molecule has 0 aliphatic heterocycles. The van der Waals surface area contributed by atoms with Crippen molar-refractivity contribution in [2.75, 3.05) is 25.6 Å². The van der Waals surface area contributed by atoms with E-state index in [1.807, 2.05) is 0 Å². The van der Waals surface area contributed by atoms with Crippen molar-refractivity contribution in [2.45, 2.75) is 6.18 Å². The molecule has 0 spiro atoms. The van der Waals surface area contributed by atoms with Crippen LogP contribution in [0.5, 0.6) is 5.75 Å². The van der Waals surface area contributed by atoms with Crippen molar-refractivity contribution in [2.24, 2.45) is 0 Å². The highest BCUT2D eigenvalue weighted by molar-refractivity contribution is 5.96. The molecule has 0 radical (unpaired) electrons. The molecule has 3 aromatic rings. The van der Waals surface area contributed by atoms with Crippen LogP contribution in [-0.4, -0.2) is 34.9 Å². The molecular weight excluding hydrogens is 363 g/mol. The number of methoxy groups -OCH3 is 1. The van der Waals surface area contributed by atoms with Gasteiger partial charge in [0.2, 0.25) is 0 Å². The number of alkyl halides is 3. The first-order chi connectivity index (χ1) is 12.9. The topological polar surface area (TPSA) is 76.4 Å². The molecule has 1 heterocycles. The van der Waals surface area contributed by atoms with Crippen molar-refractivity contribution in [3.63, 3.8) is 0 Å². The highest BCUT2D eigenvalue weighted by Crippen LogP contribution is 2.38. The number of nitrogens with one attached hydrogen (secondary N) is 1. The molecule has 0 unspecified atom stereocenters. The zero-order valence-corrected chi connectivity index (χ0v) is 14.2. The Balaban J connectivity index is 2.45. The normalized spacial score (nSPS) is 11.6. The number of hydrogen-bond acceptors (Lipinski definition) is 5. The van der Waals surface area contributed by atoms with Gasteiger partial charge in [-0.05, 0) is 24.3 Å². The van der Waals surface area contributed by atoms with Gasteiger partial charge in [-0.2, -0.15) is 18.2 Å². The van der Waals surface area contributed by atoms with Gasteiger partial charge in [0, 0.05) is 6.54 Å². The molecule has 0 saturated heterocycles. The number of aliphatic hydroxyl groups excluding tert-OH is 1. The third kappa shape index (κ3) is 3.59. The van der Waals surface area contributed by atoms with Crippen LogP contribution in [0.25, 0.3) is 16.6 Å². The first kappa shape index (κ1) is 18.7. The summed E-state index contributed by atoms with van der Waals surface area (Å²) in [4.78, 5) is 16.5. The lowest BCUT2D eigenvalue weighted by Crippen LogP contribution is -2.24. The quantitative estimate of drug-likeness (QED) is 0.713. The zero-order valence-electron chi connectivity index (χ0n) is 14.2. The maximum Gasteiger partial charge on any atom is 0.416 e. The van der Waals surface area contributed by atoms with E-state index < -0.39 is 17.4 Å². The number of aliphatic hydroxyl groups is 1. The Kier molecular flexibility index (Phi) is 5.04. The SMILES string of the molecule is COc1cc(C(F)(F)F)cc2c1c(NCCO)nc(=O)n2-c1ccccc1. The highest BCUT2D eigenvalue weighted by atomic mass is 19.4. The van der Waals surface area contributed by atoms with Crippen molar-refractivity contribution in [1.82, 2.24) is 9.55 Å². The molecule has 3 rings (SSSR count). The third-order valence-electron chi connectivity index (χ3n) is 3.92. The average Bonchev–Trinajstić information content (AvgIpc) is 2.65. The molecule has 0 fully saturated rings. The van der Waals surface area contributed by atoms with E-state index in [0.717, 1.165) is 16.7 Å². The first-order valence-corrected chi connectivity index (χ1v) is 7.99. The van der Waals surface area contributed by atoms with Crippen molar-refractivity contribution < 1.29 is 23.0 Å². The molecule has 0 aliphatic carbocycles. The molecule has 2 N–H and O–H groups in total. The van der Waals surface area contributed by atoms with Crippen LogP contribution in [-0.2, 0) is 6.18 Å². The van der Waals surface area contributed by atoms with E-state index in [0.29, 0.717) is 5.69 Å². The van der Waals surface area contributed by atoms with Crippen molar-refractivity contribution >= 4 is 16.7 Å². The number of rotatable bonds is 5. The minimum absolute atomic E-state index is 0.00619. The fourth-order valence-corrected chi connectivity index (χ4v) is 2.77. The van der Waals surface area contributed by atoms with Gasteiger partial charge in [-0.1, -0.05) is 18.2 Å². The van der Waals surface area contributed by atoms with Gasteiger partial charge in [0.15, 0.2) is 0 Å². The maximum atomic E-state index is 13.4. The highest BCUT2D eigenvalue weighted by Gasteiger charge is 2.33. The third-order valence-corrected chi connectivity index (χ3v) is 3.92. The second-order valence-corrected chi connectivity index (χ2v) is 5.63. The van der Waals surface area contributed by atoms with Gasteiger partial charge in [-0.3, -0.25) is 4.57 Å². The van der Waals surface area contributed by atoms with Gasteiger partial charge in [-0.25, -0.2) is 4.79 Å². The molecule has 0 amide bonds. The fraction of sp³-hybridized carbons (Fsp3) is 0.222. The maximum absolute atomic E-state index is 13.4. The van der Waals surface area contributed by atoms with E-state index in [1.54, 1.807) is 30.3 Å². The van der Waals surface area contributed by atoms with Gasteiger partial charge < -0.3 is 15.2 Å². The fourth-order valence-electron chi connectivity index (χ4n) is 2.77. The van der Waals surface area contributed by atoms with Crippen LogP contribution in [0.3, 0.4) is 0 Å². The lowest BCUT2D eigenvalue weighted by atomic mass is 10.1. The number of ether oxygens (including phenoxy) is 1. The van der Waals surface area contributed by atoms with E-state index in [2.05, 4.69) is 10.3 Å². The standard InChI is InChI=1S/C18H16F3N3O3/c1-27-14-10-11(18(19,20)21)9-13-15(14)16(22-7-8-25)23-17(26)24(13)12-5-3-2-4-6-12/h2-6,9-10,25H,7-8H2,1H3,(H,22,23,26). The Bertz CT molecular complexity index is 1020. The summed E-state index contributed by atoms with van der Waals surface area (Å²) in [6.07, 6.45) is -4.62. The van der Waals surface area contributed by atoms with Crippen molar-refractivity contribution in [3.05, 3.63) is 58.5 Å². The van der Waals surface area contributed by atoms with Gasteiger partial charge in [-0.15, -0.1) is 0 Å². The number of hydrogen-bond donors (Lipinski definition) is 2. The lowest BCUT2D eigenvalue weighted by Gasteiger charge is -2.18. The summed E-state index contributed by atoms with van der Waals surface area (Å²) in [5, 5.41) is 12.0. The summed E-state index contributed by atoms with van der Waals surface area (Å²) in [6, 6.07) is 9.98. The molecule has 142 valence electrons. The minimum Gasteiger partial charge on any atom is -0.496 e. The van der Waals surface area contributed by atoms with Crippen LogP contribution in [0.4, 0.5) is 19.0 Å². The van der Waals surface area contributed by atoms with Crippen LogP contribution in [0.15, 0.2) is 47.3 Å². The smallest absolute Gasteiger partial charge is 0.416 e. The number of halogens is 3. The largest absolute Gasteiger partial charge is 0.496 e. The van der Waals surface area contributed by atoms with Gasteiger partial charge in [0.25, 0.3) is 0 Å². The second kappa shape index (κ2) is 7.28. The summed E-state index contributed by atoms with van der Waals surface area (Å²) in [5.74, 6) is -0.0424. The van der Waals surface area contributed by atoms with E-state index in [1.165, 1.54) is 7.11 Å². The molecule has 6 nitrogen and oxygen atoms in total. The number of para-hydroxylation sites is 1. The molecule has 9 heteroatoms. The lowest BCUT2D eigenvalue weighted by molar-refractivity contribution is -0.137. The minimum atomic E-state index is -4.62. The molecular formula is C18H16F3N3O3. The predicted octanol–water partition coefficient (Wildman–Crippen LogP) is 2.82. The zero-order chi connectivity index (χ0) is 19.6. The summed E-state index contributed by atoms with van der Waals surface area (Å²) in [7, 11) is 1.24. The second-order valence-electron chi connectivity index (χ2n) is 5.63. The van der Waals surface area contributed by atoms with Crippen molar-refractivity contribution in [1.29, 1.82) is 0 Å². The van der Waals surface area contributed by atoms with E-state index in [9.17, 15) is 18.0 Å². The summed E-state index contributed by atoms with van der Waals surface area (Å²) < 4.78 is 46.3. The van der Waals surface area contributed by atoms with Gasteiger partial charge in [0.05, 0.1) is 35.9 Å². The number of aromatic nitrogens is 2. The number of anilines is 1. The van der Waals surface area contributed by atoms with Crippen LogP contribution >= 0.6 is 0 Å². The number of benzene rings is 2. The molecule has 0 bridgehead atoms. The molecule has 0 aliphatic rings. The summed E-state index contributed by atoms with van der Waals surface area (Å²) >= 11 is 0. The number of fused-ring (bicyclic) bond motifs is 1. The summed E-state index contributed by atoms with van der Waals surface area (Å²) in [6.45, 7) is -0.172. The Morgan fingerprint density at radius 1 is 1.22 bits per heavy atom. The van der Waals surface area contributed by atoms with Crippen LogP contribution in [0, 0.1) is 0 Å².